The summed E-state index contributed by atoms with van der Waals surface area (Å²) >= 11 is 1.70. The summed E-state index contributed by atoms with van der Waals surface area (Å²) < 4.78 is 6.07. The standard InChI is InChI=1S/C16H23N3OS/c1-10-6-12(10)14-4-5-15(20-14)13(7-17)19(3)8-16-11(2)18-9-21-16/h4-5,9-10,12-13H,6-8,17H2,1-3H3. The van der Waals surface area contributed by atoms with Crippen LogP contribution in [0.3, 0.4) is 0 Å². The van der Waals surface area contributed by atoms with E-state index in [1.807, 2.05) is 5.51 Å². The van der Waals surface area contributed by atoms with Gasteiger partial charge in [-0.1, -0.05) is 6.92 Å². The molecule has 1 saturated carbocycles. The third-order valence-corrected chi connectivity index (χ3v) is 5.36. The first-order chi connectivity index (χ1) is 10.1. The molecule has 1 aliphatic rings. The monoisotopic (exact) mass is 305 g/mol. The van der Waals surface area contributed by atoms with Crippen molar-refractivity contribution < 1.29 is 4.42 Å². The molecular weight excluding hydrogens is 282 g/mol. The van der Waals surface area contributed by atoms with E-state index in [0.717, 1.165) is 29.7 Å². The molecule has 0 aromatic carbocycles. The van der Waals surface area contributed by atoms with Crippen molar-refractivity contribution in [2.75, 3.05) is 13.6 Å². The number of aromatic nitrogens is 1. The molecule has 1 fully saturated rings. The quantitative estimate of drug-likeness (QED) is 0.889. The van der Waals surface area contributed by atoms with Gasteiger partial charge in [-0.25, -0.2) is 4.98 Å². The number of nitrogens with zero attached hydrogens (tertiary/aromatic N) is 2. The Morgan fingerprint density at radius 3 is 2.86 bits per heavy atom. The molecule has 0 radical (unpaired) electrons. The SMILES string of the molecule is Cc1ncsc1CN(C)C(CN)c1ccc(C2CC2C)o1. The second-order valence-corrected chi connectivity index (χ2v) is 7.03. The van der Waals surface area contributed by atoms with Gasteiger partial charge in [-0.2, -0.15) is 0 Å². The molecule has 2 heterocycles. The largest absolute Gasteiger partial charge is 0.464 e. The van der Waals surface area contributed by atoms with Gasteiger partial charge in [0.2, 0.25) is 0 Å². The van der Waals surface area contributed by atoms with Crippen molar-refractivity contribution in [2.45, 2.75) is 38.8 Å². The van der Waals surface area contributed by atoms with Crippen molar-refractivity contribution in [3.63, 3.8) is 0 Å². The molecule has 0 spiro atoms. The lowest BCUT2D eigenvalue weighted by atomic mass is 10.2. The Balaban J connectivity index is 1.71. The number of furan rings is 1. The second-order valence-electron chi connectivity index (χ2n) is 6.09. The molecule has 2 aromatic heterocycles. The smallest absolute Gasteiger partial charge is 0.122 e. The normalized spacial score (nSPS) is 22.7. The van der Waals surface area contributed by atoms with Crippen LogP contribution in [-0.4, -0.2) is 23.5 Å². The highest BCUT2D eigenvalue weighted by Gasteiger charge is 2.37. The van der Waals surface area contributed by atoms with E-state index < -0.39 is 0 Å². The lowest BCUT2D eigenvalue weighted by Gasteiger charge is -2.24. The summed E-state index contributed by atoms with van der Waals surface area (Å²) in [5.74, 6) is 3.48. The highest BCUT2D eigenvalue weighted by Crippen LogP contribution is 2.47. The van der Waals surface area contributed by atoms with Crippen LogP contribution in [0.1, 0.15) is 47.4 Å². The molecule has 2 N–H and O–H groups in total. The van der Waals surface area contributed by atoms with E-state index in [1.54, 1.807) is 11.3 Å². The van der Waals surface area contributed by atoms with Crippen molar-refractivity contribution in [1.29, 1.82) is 0 Å². The summed E-state index contributed by atoms with van der Waals surface area (Å²) in [6, 6.07) is 4.33. The number of thiazole rings is 1. The molecule has 3 atom stereocenters. The molecule has 0 aliphatic heterocycles. The fourth-order valence-electron chi connectivity index (χ4n) is 2.79. The number of rotatable bonds is 6. The highest BCUT2D eigenvalue weighted by molar-refractivity contribution is 7.09. The van der Waals surface area contributed by atoms with E-state index in [2.05, 4.69) is 42.9 Å². The topological polar surface area (TPSA) is 55.3 Å². The summed E-state index contributed by atoms with van der Waals surface area (Å²) in [6.07, 6.45) is 1.25. The van der Waals surface area contributed by atoms with Crippen molar-refractivity contribution in [2.24, 2.45) is 11.7 Å². The van der Waals surface area contributed by atoms with Crippen LogP contribution in [0.5, 0.6) is 0 Å². The van der Waals surface area contributed by atoms with E-state index in [0.29, 0.717) is 12.5 Å². The first-order valence-corrected chi connectivity index (χ1v) is 8.37. The molecule has 0 amide bonds. The summed E-state index contributed by atoms with van der Waals surface area (Å²) in [6.45, 7) is 5.73. The zero-order valence-electron chi connectivity index (χ0n) is 12.9. The summed E-state index contributed by atoms with van der Waals surface area (Å²) in [4.78, 5) is 7.85. The third-order valence-electron chi connectivity index (χ3n) is 4.44. The van der Waals surface area contributed by atoms with Gasteiger partial charge in [-0.05, 0) is 38.4 Å². The lowest BCUT2D eigenvalue weighted by Crippen LogP contribution is -2.29. The molecule has 21 heavy (non-hydrogen) atoms. The van der Waals surface area contributed by atoms with Crippen LogP contribution in [0.2, 0.25) is 0 Å². The van der Waals surface area contributed by atoms with Crippen molar-refractivity contribution >= 4 is 11.3 Å². The molecule has 0 saturated heterocycles. The number of hydrogen-bond acceptors (Lipinski definition) is 5. The summed E-state index contributed by atoms with van der Waals surface area (Å²) in [5.41, 5.74) is 8.99. The van der Waals surface area contributed by atoms with Gasteiger partial charge in [0.25, 0.3) is 0 Å². The number of nitrogens with two attached hydrogens (primary N) is 1. The zero-order chi connectivity index (χ0) is 15.0. The van der Waals surface area contributed by atoms with E-state index >= 15 is 0 Å². The van der Waals surface area contributed by atoms with Gasteiger partial charge < -0.3 is 10.2 Å². The van der Waals surface area contributed by atoms with Crippen LogP contribution in [0.25, 0.3) is 0 Å². The Labute approximate surface area is 130 Å². The number of aryl methyl sites for hydroxylation is 1. The van der Waals surface area contributed by atoms with E-state index in [4.69, 9.17) is 10.2 Å². The Bertz CT molecular complexity index is 606. The summed E-state index contributed by atoms with van der Waals surface area (Å²) in [5, 5.41) is 0. The molecular formula is C16H23N3OS. The molecule has 5 heteroatoms. The maximum atomic E-state index is 6.07. The van der Waals surface area contributed by atoms with Gasteiger partial charge in [0.05, 0.1) is 17.2 Å². The van der Waals surface area contributed by atoms with Crippen LogP contribution in [0.15, 0.2) is 22.1 Å². The Morgan fingerprint density at radius 2 is 2.29 bits per heavy atom. The molecule has 114 valence electrons. The Hall–Kier alpha value is -1.17. The minimum absolute atomic E-state index is 0.120. The van der Waals surface area contributed by atoms with Gasteiger partial charge in [-0.3, -0.25) is 4.90 Å². The number of likely N-dealkylation sites (N-methyl/N-ethyl adjacent to an activating group) is 1. The zero-order valence-corrected chi connectivity index (χ0v) is 13.7. The predicted octanol–water partition coefficient (Wildman–Crippen LogP) is 3.30. The van der Waals surface area contributed by atoms with Crippen LogP contribution in [0, 0.1) is 12.8 Å². The van der Waals surface area contributed by atoms with Crippen LogP contribution in [0.4, 0.5) is 0 Å². The molecule has 1 aliphatic carbocycles. The van der Waals surface area contributed by atoms with Crippen molar-refractivity contribution in [3.05, 3.63) is 39.7 Å². The van der Waals surface area contributed by atoms with Crippen LogP contribution in [-0.2, 0) is 6.54 Å². The second kappa shape index (κ2) is 5.91. The number of hydrogen-bond donors (Lipinski definition) is 1. The van der Waals surface area contributed by atoms with Gasteiger partial charge in [0.1, 0.15) is 11.5 Å². The molecule has 3 unspecified atom stereocenters. The average molecular weight is 305 g/mol. The fourth-order valence-corrected chi connectivity index (χ4v) is 3.63. The summed E-state index contributed by atoms with van der Waals surface area (Å²) in [7, 11) is 2.10. The Kier molecular flexibility index (Phi) is 4.15. The van der Waals surface area contributed by atoms with E-state index in [1.165, 1.54) is 11.3 Å². The predicted molar refractivity (Wildman–Crippen MR) is 85.3 cm³/mol. The molecule has 2 aromatic rings. The van der Waals surface area contributed by atoms with Gasteiger partial charge in [0.15, 0.2) is 0 Å². The first-order valence-electron chi connectivity index (χ1n) is 7.49. The van der Waals surface area contributed by atoms with Gasteiger partial charge in [0, 0.05) is 23.9 Å². The van der Waals surface area contributed by atoms with Gasteiger partial charge >= 0.3 is 0 Å². The third kappa shape index (κ3) is 3.05. The molecule has 3 rings (SSSR count). The van der Waals surface area contributed by atoms with E-state index in [9.17, 15) is 0 Å². The van der Waals surface area contributed by atoms with Crippen molar-refractivity contribution in [1.82, 2.24) is 9.88 Å². The fraction of sp³-hybridized carbons (Fsp3) is 0.562. The highest BCUT2D eigenvalue weighted by atomic mass is 32.1. The van der Waals surface area contributed by atoms with E-state index in [-0.39, 0.29) is 6.04 Å². The maximum absolute atomic E-state index is 6.07. The first kappa shape index (κ1) is 14.8. The van der Waals surface area contributed by atoms with Crippen molar-refractivity contribution in [3.8, 4) is 0 Å². The van der Waals surface area contributed by atoms with Crippen LogP contribution < -0.4 is 5.73 Å². The maximum Gasteiger partial charge on any atom is 0.122 e. The molecule has 4 nitrogen and oxygen atoms in total. The lowest BCUT2D eigenvalue weighted by molar-refractivity contribution is 0.211. The Morgan fingerprint density at radius 1 is 1.52 bits per heavy atom. The minimum Gasteiger partial charge on any atom is -0.464 e. The van der Waals surface area contributed by atoms with Gasteiger partial charge in [-0.15, -0.1) is 11.3 Å². The van der Waals surface area contributed by atoms with Crippen LogP contribution >= 0.6 is 11.3 Å². The average Bonchev–Trinajstić information content (AvgIpc) is 2.86. The minimum atomic E-state index is 0.120. The molecule has 0 bridgehead atoms.